The molecule has 0 spiro atoms. The van der Waals surface area contributed by atoms with Crippen molar-refractivity contribution in [1.29, 1.82) is 0 Å². The largest absolute Gasteiger partial charge is 0.368 e. The van der Waals surface area contributed by atoms with Crippen LogP contribution in [-0.2, 0) is 6.42 Å². The van der Waals surface area contributed by atoms with Crippen LogP contribution in [0.25, 0.3) is 10.8 Å². The van der Waals surface area contributed by atoms with Crippen molar-refractivity contribution in [3.05, 3.63) is 60.6 Å². The van der Waals surface area contributed by atoms with Gasteiger partial charge in [-0.2, -0.15) is 5.10 Å². The first kappa shape index (κ1) is 11.6. The van der Waals surface area contributed by atoms with Gasteiger partial charge in [-0.15, -0.1) is 5.10 Å². The van der Waals surface area contributed by atoms with Crippen LogP contribution < -0.4 is 5.32 Å². The number of aromatic nitrogens is 3. The van der Waals surface area contributed by atoms with Crippen LogP contribution in [-0.4, -0.2) is 21.7 Å². The fraction of sp³-hybridized carbons (Fsp3) is 0.133. The predicted octanol–water partition coefficient (Wildman–Crippen LogP) is 2.68. The highest BCUT2D eigenvalue weighted by molar-refractivity contribution is 5.90. The Morgan fingerprint density at radius 3 is 2.79 bits per heavy atom. The minimum atomic E-state index is 0.791. The zero-order valence-corrected chi connectivity index (χ0v) is 10.5. The van der Waals surface area contributed by atoms with E-state index in [9.17, 15) is 0 Å². The van der Waals surface area contributed by atoms with Gasteiger partial charge in [-0.05, 0) is 12.1 Å². The maximum atomic E-state index is 4.30. The molecule has 0 bridgehead atoms. The fourth-order valence-corrected chi connectivity index (χ4v) is 2.01. The standard InChI is InChI=1S/C15H14N4/c1-2-7-14-12(5-1)11-18-19-15(14)17-10-8-13-6-3-4-9-16-13/h1-7,9,11H,8,10H2,(H,17,19). The number of nitrogens with zero attached hydrogens (tertiary/aromatic N) is 3. The Balaban J connectivity index is 1.72. The molecule has 0 aliphatic carbocycles. The second-order valence-electron chi connectivity index (χ2n) is 4.28. The highest BCUT2D eigenvalue weighted by Crippen LogP contribution is 2.18. The lowest BCUT2D eigenvalue weighted by molar-refractivity contribution is 0.941. The molecule has 0 saturated heterocycles. The van der Waals surface area contributed by atoms with E-state index in [4.69, 9.17) is 0 Å². The van der Waals surface area contributed by atoms with Crippen LogP contribution in [0.2, 0.25) is 0 Å². The van der Waals surface area contributed by atoms with Gasteiger partial charge in [-0.1, -0.05) is 30.3 Å². The van der Waals surface area contributed by atoms with Gasteiger partial charge in [0.15, 0.2) is 5.82 Å². The molecular formula is C15H14N4. The van der Waals surface area contributed by atoms with Gasteiger partial charge in [0.2, 0.25) is 0 Å². The first-order valence-corrected chi connectivity index (χ1v) is 6.28. The minimum Gasteiger partial charge on any atom is -0.368 e. The van der Waals surface area contributed by atoms with E-state index in [1.165, 1.54) is 0 Å². The van der Waals surface area contributed by atoms with Crippen LogP contribution in [0.5, 0.6) is 0 Å². The van der Waals surface area contributed by atoms with Crippen molar-refractivity contribution in [3.8, 4) is 0 Å². The van der Waals surface area contributed by atoms with Crippen LogP contribution in [0.1, 0.15) is 5.69 Å². The lowest BCUT2D eigenvalue weighted by atomic mass is 10.2. The number of benzene rings is 1. The molecule has 4 heteroatoms. The molecule has 3 aromatic rings. The molecule has 0 fully saturated rings. The number of rotatable bonds is 4. The third kappa shape index (κ3) is 2.68. The topological polar surface area (TPSA) is 50.7 Å². The van der Waals surface area contributed by atoms with E-state index in [-0.39, 0.29) is 0 Å². The van der Waals surface area contributed by atoms with Gasteiger partial charge in [0, 0.05) is 35.6 Å². The summed E-state index contributed by atoms with van der Waals surface area (Å²) in [6, 6.07) is 14.0. The summed E-state index contributed by atoms with van der Waals surface area (Å²) in [5.41, 5.74) is 1.07. The number of pyridine rings is 1. The fourth-order valence-electron chi connectivity index (χ4n) is 2.01. The number of nitrogens with one attached hydrogen (secondary N) is 1. The van der Waals surface area contributed by atoms with Crippen molar-refractivity contribution in [2.75, 3.05) is 11.9 Å². The maximum Gasteiger partial charge on any atom is 0.156 e. The van der Waals surface area contributed by atoms with Crippen LogP contribution in [0, 0.1) is 0 Å². The molecule has 0 aliphatic heterocycles. The lowest BCUT2D eigenvalue weighted by Crippen LogP contribution is -2.08. The molecule has 0 atom stereocenters. The predicted molar refractivity (Wildman–Crippen MR) is 76.0 cm³/mol. The van der Waals surface area contributed by atoms with E-state index in [0.717, 1.165) is 35.2 Å². The summed E-state index contributed by atoms with van der Waals surface area (Å²) in [5.74, 6) is 0.828. The van der Waals surface area contributed by atoms with Crippen LogP contribution in [0.15, 0.2) is 54.9 Å². The van der Waals surface area contributed by atoms with Gasteiger partial charge >= 0.3 is 0 Å². The Hall–Kier alpha value is -2.49. The highest BCUT2D eigenvalue weighted by Gasteiger charge is 2.02. The van der Waals surface area contributed by atoms with E-state index >= 15 is 0 Å². The SMILES string of the molecule is c1ccc(CCNc2nncc3ccccc23)nc1. The quantitative estimate of drug-likeness (QED) is 0.773. The molecule has 1 N–H and O–H groups in total. The van der Waals surface area contributed by atoms with Crippen LogP contribution in [0.3, 0.4) is 0 Å². The van der Waals surface area contributed by atoms with Crippen molar-refractivity contribution >= 4 is 16.6 Å². The molecule has 1 aromatic carbocycles. The molecule has 3 rings (SSSR count). The summed E-state index contributed by atoms with van der Waals surface area (Å²) in [6.45, 7) is 0.791. The van der Waals surface area contributed by atoms with Gasteiger partial charge in [0.1, 0.15) is 0 Å². The smallest absolute Gasteiger partial charge is 0.156 e. The number of hydrogen-bond acceptors (Lipinski definition) is 4. The number of fused-ring (bicyclic) bond motifs is 1. The van der Waals surface area contributed by atoms with E-state index in [0.29, 0.717) is 0 Å². The van der Waals surface area contributed by atoms with Crippen molar-refractivity contribution < 1.29 is 0 Å². The molecule has 2 aromatic heterocycles. The first-order chi connectivity index (χ1) is 9.43. The Morgan fingerprint density at radius 1 is 1.00 bits per heavy atom. The van der Waals surface area contributed by atoms with E-state index < -0.39 is 0 Å². The molecule has 0 unspecified atom stereocenters. The molecule has 0 radical (unpaired) electrons. The van der Waals surface area contributed by atoms with E-state index in [2.05, 4.69) is 20.5 Å². The minimum absolute atomic E-state index is 0.791. The first-order valence-electron chi connectivity index (χ1n) is 6.28. The Kier molecular flexibility index (Phi) is 3.32. The van der Waals surface area contributed by atoms with E-state index in [1.807, 2.05) is 48.7 Å². The Morgan fingerprint density at radius 2 is 1.89 bits per heavy atom. The van der Waals surface area contributed by atoms with Crippen molar-refractivity contribution in [2.45, 2.75) is 6.42 Å². The van der Waals surface area contributed by atoms with Crippen molar-refractivity contribution in [3.63, 3.8) is 0 Å². The molecule has 2 heterocycles. The average molecular weight is 250 g/mol. The van der Waals surface area contributed by atoms with E-state index in [1.54, 1.807) is 6.20 Å². The highest BCUT2D eigenvalue weighted by atomic mass is 15.2. The molecule has 19 heavy (non-hydrogen) atoms. The Bertz CT molecular complexity index is 662. The summed E-state index contributed by atoms with van der Waals surface area (Å²) < 4.78 is 0. The molecule has 0 aliphatic rings. The average Bonchev–Trinajstić information content (AvgIpc) is 2.49. The molecular weight excluding hydrogens is 236 g/mol. The molecule has 4 nitrogen and oxygen atoms in total. The van der Waals surface area contributed by atoms with Crippen LogP contribution in [0.4, 0.5) is 5.82 Å². The summed E-state index contributed by atoms with van der Waals surface area (Å²) in [4.78, 5) is 4.30. The third-order valence-corrected chi connectivity index (χ3v) is 2.97. The third-order valence-electron chi connectivity index (χ3n) is 2.97. The summed E-state index contributed by atoms with van der Waals surface area (Å²) in [6.07, 6.45) is 4.46. The monoisotopic (exact) mass is 250 g/mol. The second-order valence-corrected chi connectivity index (χ2v) is 4.28. The summed E-state index contributed by atoms with van der Waals surface area (Å²) >= 11 is 0. The van der Waals surface area contributed by atoms with Gasteiger partial charge in [-0.25, -0.2) is 0 Å². The second kappa shape index (κ2) is 5.44. The normalized spacial score (nSPS) is 10.5. The summed E-state index contributed by atoms with van der Waals surface area (Å²) in [7, 11) is 0. The van der Waals surface area contributed by atoms with Gasteiger partial charge in [0.25, 0.3) is 0 Å². The lowest BCUT2D eigenvalue weighted by Gasteiger charge is -2.07. The van der Waals surface area contributed by atoms with Gasteiger partial charge in [0.05, 0.1) is 6.20 Å². The van der Waals surface area contributed by atoms with Gasteiger partial charge < -0.3 is 5.32 Å². The van der Waals surface area contributed by atoms with Crippen molar-refractivity contribution in [1.82, 2.24) is 15.2 Å². The Labute approximate surface area is 111 Å². The molecule has 0 saturated carbocycles. The number of anilines is 1. The zero-order valence-electron chi connectivity index (χ0n) is 10.5. The molecule has 94 valence electrons. The molecule has 0 amide bonds. The maximum absolute atomic E-state index is 4.30. The van der Waals surface area contributed by atoms with Crippen LogP contribution >= 0.6 is 0 Å². The van der Waals surface area contributed by atoms with Gasteiger partial charge in [-0.3, -0.25) is 4.98 Å². The number of hydrogen-bond donors (Lipinski definition) is 1. The summed E-state index contributed by atoms with van der Waals surface area (Å²) in [5, 5.41) is 13.7. The van der Waals surface area contributed by atoms with Crippen molar-refractivity contribution in [2.24, 2.45) is 0 Å². The zero-order chi connectivity index (χ0) is 12.9.